The molecule has 2 aliphatic rings. The molecule has 2 nitrogen and oxygen atoms in total. The third-order valence-corrected chi connectivity index (χ3v) is 5.15. The van der Waals surface area contributed by atoms with Crippen LogP contribution < -0.4 is 0 Å². The summed E-state index contributed by atoms with van der Waals surface area (Å²) < 4.78 is 0. The SMILES string of the molecule is CC(C)(C)C1CCC(CC(=O)O)(C2CC2)CC1. The van der Waals surface area contributed by atoms with E-state index in [2.05, 4.69) is 20.8 Å². The average molecular weight is 238 g/mol. The highest BCUT2D eigenvalue weighted by Crippen LogP contribution is 2.58. The summed E-state index contributed by atoms with van der Waals surface area (Å²) in [6, 6.07) is 0. The lowest BCUT2D eigenvalue weighted by atomic mass is 9.61. The third kappa shape index (κ3) is 2.83. The van der Waals surface area contributed by atoms with E-state index in [-0.39, 0.29) is 5.41 Å². The molecule has 0 amide bonds. The molecule has 2 saturated carbocycles. The maximum absolute atomic E-state index is 11.1. The van der Waals surface area contributed by atoms with E-state index < -0.39 is 5.97 Å². The van der Waals surface area contributed by atoms with Crippen molar-refractivity contribution in [2.75, 3.05) is 0 Å². The molecule has 0 bridgehead atoms. The first-order chi connectivity index (χ1) is 7.83. The maximum atomic E-state index is 11.1. The van der Waals surface area contributed by atoms with Crippen molar-refractivity contribution >= 4 is 5.97 Å². The van der Waals surface area contributed by atoms with Crippen molar-refractivity contribution < 1.29 is 9.90 Å². The molecule has 0 spiro atoms. The molecule has 0 atom stereocenters. The second-order valence-electron chi connectivity index (χ2n) is 7.35. The van der Waals surface area contributed by atoms with Gasteiger partial charge in [-0.3, -0.25) is 4.79 Å². The minimum absolute atomic E-state index is 0.160. The van der Waals surface area contributed by atoms with E-state index in [1.807, 2.05) is 0 Å². The molecule has 0 aromatic rings. The van der Waals surface area contributed by atoms with Gasteiger partial charge in [0.15, 0.2) is 0 Å². The summed E-state index contributed by atoms with van der Waals surface area (Å²) in [4.78, 5) is 11.1. The number of hydrogen-bond donors (Lipinski definition) is 1. The lowest BCUT2D eigenvalue weighted by molar-refractivity contribution is -0.141. The molecule has 1 N–H and O–H groups in total. The van der Waals surface area contributed by atoms with E-state index in [0.717, 1.165) is 24.7 Å². The summed E-state index contributed by atoms with van der Waals surface area (Å²) in [5.41, 5.74) is 0.548. The summed E-state index contributed by atoms with van der Waals surface area (Å²) in [7, 11) is 0. The quantitative estimate of drug-likeness (QED) is 0.804. The molecular weight excluding hydrogens is 212 g/mol. The predicted molar refractivity (Wildman–Crippen MR) is 68.8 cm³/mol. The molecule has 2 heteroatoms. The Morgan fingerprint density at radius 3 is 2.06 bits per heavy atom. The molecule has 98 valence electrons. The predicted octanol–water partition coefficient (Wildman–Crippen LogP) is 4.09. The van der Waals surface area contributed by atoms with Crippen molar-refractivity contribution in [2.24, 2.45) is 22.7 Å². The van der Waals surface area contributed by atoms with Gasteiger partial charge in [0.25, 0.3) is 0 Å². The van der Waals surface area contributed by atoms with Crippen molar-refractivity contribution in [3.8, 4) is 0 Å². The third-order valence-electron chi connectivity index (χ3n) is 5.15. The van der Waals surface area contributed by atoms with Crippen LogP contribution in [-0.2, 0) is 4.79 Å². The van der Waals surface area contributed by atoms with E-state index >= 15 is 0 Å². The van der Waals surface area contributed by atoms with Crippen LogP contribution in [0.2, 0.25) is 0 Å². The number of carboxylic acids is 1. The Labute approximate surface area is 105 Å². The molecule has 0 aromatic heterocycles. The van der Waals surface area contributed by atoms with E-state index in [1.165, 1.54) is 25.7 Å². The van der Waals surface area contributed by atoms with Gasteiger partial charge in [-0.15, -0.1) is 0 Å². The highest BCUT2D eigenvalue weighted by molar-refractivity contribution is 5.67. The Hall–Kier alpha value is -0.530. The molecule has 2 aliphatic carbocycles. The fraction of sp³-hybridized carbons (Fsp3) is 0.933. The topological polar surface area (TPSA) is 37.3 Å². The van der Waals surface area contributed by atoms with E-state index in [0.29, 0.717) is 11.8 Å². The van der Waals surface area contributed by atoms with Crippen molar-refractivity contribution in [1.29, 1.82) is 0 Å². The first-order valence-corrected chi connectivity index (χ1v) is 7.05. The van der Waals surface area contributed by atoms with Crippen LogP contribution in [0.4, 0.5) is 0 Å². The van der Waals surface area contributed by atoms with Crippen LogP contribution in [0.25, 0.3) is 0 Å². The van der Waals surface area contributed by atoms with E-state index in [9.17, 15) is 4.79 Å². The van der Waals surface area contributed by atoms with Gasteiger partial charge in [0.2, 0.25) is 0 Å². The van der Waals surface area contributed by atoms with Crippen molar-refractivity contribution in [3.63, 3.8) is 0 Å². The fourth-order valence-electron chi connectivity index (χ4n) is 3.78. The molecule has 0 saturated heterocycles. The van der Waals surface area contributed by atoms with Gasteiger partial charge >= 0.3 is 5.97 Å². The van der Waals surface area contributed by atoms with Crippen LogP contribution >= 0.6 is 0 Å². The van der Waals surface area contributed by atoms with Gasteiger partial charge in [-0.2, -0.15) is 0 Å². The molecule has 17 heavy (non-hydrogen) atoms. The monoisotopic (exact) mass is 238 g/mol. The van der Waals surface area contributed by atoms with Gasteiger partial charge < -0.3 is 5.11 Å². The van der Waals surface area contributed by atoms with E-state index in [1.54, 1.807) is 0 Å². The van der Waals surface area contributed by atoms with Crippen LogP contribution in [0.15, 0.2) is 0 Å². The summed E-state index contributed by atoms with van der Waals surface area (Å²) in [5.74, 6) is 0.911. The highest BCUT2D eigenvalue weighted by atomic mass is 16.4. The zero-order chi connectivity index (χ0) is 12.7. The van der Waals surface area contributed by atoms with Crippen molar-refractivity contribution in [2.45, 2.75) is 65.7 Å². The molecule has 0 aliphatic heterocycles. The van der Waals surface area contributed by atoms with Crippen molar-refractivity contribution in [1.82, 2.24) is 0 Å². The first-order valence-electron chi connectivity index (χ1n) is 7.05. The lowest BCUT2D eigenvalue weighted by Gasteiger charge is -2.44. The average Bonchev–Trinajstić information content (AvgIpc) is 2.98. The Bertz CT molecular complexity index is 289. The summed E-state index contributed by atoms with van der Waals surface area (Å²) in [6.07, 6.45) is 7.70. The number of carboxylic acid groups (broad SMARTS) is 1. The largest absolute Gasteiger partial charge is 0.481 e. The van der Waals surface area contributed by atoms with Gasteiger partial charge in [-0.1, -0.05) is 20.8 Å². The second kappa shape index (κ2) is 4.29. The summed E-state index contributed by atoms with van der Waals surface area (Å²) in [6.45, 7) is 6.96. The summed E-state index contributed by atoms with van der Waals surface area (Å²) >= 11 is 0. The van der Waals surface area contributed by atoms with Crippen molar-refractivity contribution in [3.05, 3.63) is 0 Å². The van der Waals surface area contributed by atoms with Crippen LogP contribution in [0, 0.1) is 22.7 Å². The Kier molecular flexibility index (Phi) is 3.26. The van der Waals surface area contributed by atoms with Crippen LogP contribution in [-0.4, -0.2) is 11.1 Å². The molecule has 2 rings (SSSR count). The molecule has 0 heterocycles. The van der Waals surface area contributed by atoms with Gasteiger partial charge in [-0.25, -0.2) is 0 Å². The number of carbonyl (C=O) groups is 1. The minimum atomic E-state index is -0.592. The van der Waals surface area contributed by atoms with Crippen LogP contribution in [0.3, 0.4) is 0 Å². The smallest absolute Gasteiger partial charge is 0.303 e. The van der Waals surface area contributed by atoms with Gasteiger partial charge in [0.05, 0.1) is 6.42 Å². The lowest BCUT2D eigenvalue weighted by Crippen LogP contribution is -2.35. The van der Waals surface area contributed by atoms with E-state index in [4.69, 9.17) is 5.11 Å². The molecule has 0 aromatic carbocycles. The molecular formula is C15H26O2. The van der Waals surface area contributed by atoms with Crippen LogP contribution in [0.5, 0.6) is 0 Å². The standard InChI is InChI=1S/C15H26O2/c1-14(2,3)11-6-8-15(9-7-11,10-13(16)17)12-4-5-12/h11-12H,4-10H2,1-3H3,(H,16,17). The Balaban J connectivity index is 2.01. The number of hydrogen-bond acceptors (Lipinski definition) is 1. The first kappa shape index (κ1) is 12.9. The normalized spacial score (nSPS) is 34.6. The Morgan fingerprint density at radius 2 is 1.71 bits per heavy atom. The zero-order valence-corrected chi connectivity index (χ0v) is 11.5. The molecule has 0 radical (unpaired) electrons. The van der Waals surface area contributed by atoms with Gasteiger partial charge in [0.1, 0.15) is 0 Å². The Morgan fingerprint density at radius 1 is 1.18 bits per heavy atom. The highest BCUT2D eigenvalue weighted by Gasteiger charge is 2.49. The van der Waals surface area contributed by atoms with Gasteiger partial charge in [0, 0.05) is 0 Å². The van der Waals surface area contributed by atoms with Crippen LogP contribution in [0.1, 0.15) is 65.7 Å². The fourth-order valence-corrected chi connectivity index (χ4v) is 3.78. The number of rotatable bonds is 3. The van der Waals surface area contributed by atoms with Gasteiger partial charge in [-0.05, 0) is 61.2 Å². The molecule has 0 unspecified atom stereocenters. The minimum Gasteiger partial charge on any atom is -0.481 e. The number of aliphatic carboxylic acids is 1. The summed E-state index contributed by atoms with van der Waals surface area (Å²) in [5, 5.41) is 9.13. The molecule has 2 fully saturated rings. The zero-order valence-electron chi connectivity index (χ0n) is 11.5. The maximum Gasteiger partial charge on any atom is 0.303 e. The second-order valence-corrected chi connectivity index (χ2v) is 7.35.